The summed E-state index contributed by atoms with van der Waals surface area (Å²) in [5.74, 6) is 0.340. The van der Waals surface area contributed by atoms with Crippen LogP contribution in [0.15, 0.2) is 18.3 Å². The molecule has 4 N–H and O–H groups in total. The van der Waals surface area contributed by atoms with E-state index in [0.717, 1.165) is 0 Å². The second kappa shape index (κ2) is 4.26. The quantitative estimate of drug-likeness (QED) is 0.729. The molecule has 7 heteroatoms. The van der Waals surface area contributed by atoms with Crippen molar-refractivity contribution in [2.24, 2.45) is 0 Å². The lowest BCUT2D eigenvalue weighted by atomic mass is 10.1. The van der Waals surface area contributed by atoms with Gasteiger partial charge < -0.3 is 5.73 Å². The molecule has 1 rings (SSSR count). The van der Waals surface area contributed by atoms with Crippen molar-refractivity contribution in [3.63, 3.8) is 0 Å². The predicted octanol–water partition coefficient (Wildman–Crippen LogP) is 0.709. The first-order valence-electron chi connectivity index (χ1n) is 4.71. The summed E-state index contributed by atoms with van der Waals surface area (Å²) in [6.45, 7) is 5.27. The zero-order valence-corrected chi connectivity index (χ0v) is 10.3. The molecule has 0 spiro atoms. The molecule has 1 aromatic rings. The fraction of sp³-hybridized carbons (Fsp3) is 0.444. The maximum absolute atomic E-state index is 11.6. The number of aromatic nitrogens is 1. The zero-order chi connectivity index (χ0) is 12.4. The van der Waals surface area contributed by atoms with Crippen LogP contribution in [0.1, 0.15) is 20.8 Å². The van der Waals surface area contributed by atoms with Crippen LogP contribution in [-0.2, 0) is 10.2 Å². The Morgan fingerprint density at radius 1 is 1.31 bits per heavy atom. The first-order chi connectivity index (χ1) is 7.18. The number of hydrogen-bond acceptors (Lipinski definition) is 4. The Morgan fingerprint density at radius 2 is 1.94 bits per heavy atom. The van der Waals surface area contributed by atoms with E-state index < -0.39 is 15.7 Å². The highest BCUT2D eigenvalue weighted by Gasteiger charge is 2.19. The van der Waals surface area contributed by atoms with E-state index in [2.05, 4.69) is 14.4 Å². The molecule has 6 nitrogen and oxygen atoms in total. The van der Waals surface area contributed by atoms with Gasteiger partial charge in [-0.15, -0.1) is 0 Å². The van der Waals surface area contributed by atoms with Crippen LogP contribution in [0.5, 0.6) is 0 Å². The van der Waals surface area contributed by atoms with Crippen molar-refractivity contribution in [3.8, 4) is 0 Å². The maximum atomic E-state index is 11.6. The topological polar surface area (TPSA) is 97.1 Å². The molecule has 0 bridgehead atoms. The van der Waals surface area contributed by atoms with E-state index in [1.165, 1.54) is 12.3 Å². The van der Waals surface area contributed by atoms with Gasteiger partial charge in [0.25, 0.3) is 10.2 Å². The highest BCUT2D eigenvalue weighted by atomic mass is 32.2. The molecule has 1 aromatic heterocycles. The van der Waals surface area contributed by atoms with Crippen molar-refractivity contribution in [1.82, 2.24) is 9.71 Å². The van der Waals surface area contributed by atoms with Gasteiger partial charge in [0.1, 0.15) is 5.82 Å². The Balaban J connectivity index is 2.77. The van der Waals surface area contributed by atoms with E-state index in [0.29, 0.717) is 11.5 Å². The number of pyridine rings is 1. The number of anilines is 2. The second-order valence-corrected chi connectivity index (χ2v) is 5.84. The monoisotopic (exact) mass is 244 g/mol. The largest absolute Gasteiger partial charge is 0.384 e. The lowest BCUT2D eigenvalue weighted by molar-refractivity contribution is 0.494. The molecule has 0 aliphatic carbocycles. The zero-order valence-electron chi connectivity index (χ0n) is 9.48. The van der Waals surface area contributed by atoms with Crippen LogP contribution in [0.2, 0.25) is 0 Å². The van der Waals surface area contributed by atoms with Gasteiger partial charge in [0.15, 0.2) is 0 Å². The normalized spacial score (nSPS) is 12.4. The third-order valence-electron chi connectivity index (χ3n) is 1.48. The highest BCUT2D eigenvalue weighted by molar-refractivity contribution is 7.90. The van der Waals surface area contributed by atoms with Crippen molar-refractivity contribution in [2.45, 2.75) is 26.3 Å². The van der Waals surface area contributed by atoms with Gasteiger partial charge in [-0.3, -0.25) is 4.72 Å². The van der Waals surface area contributed by atoms with Crippen LogP contribution in [0.3, 0.4) is 0 Å². The molecule has 0 saturated carbocycles. The fourth-order valence-electron chi connectivity index (χ4n) is 1.05. The molecule has 0 atom stereocenters. The van der Waals surface area contributed by atoms with E-state index in [1.807, 2.05) is 0 Å². The molecule has 16 heavy (non-hydrogen) atoms. The molecule has 0 saturated heterocycles. The van der Waals surface area contributed by atoms with E-state index in [1.54, 1.807) is 26.8 Å². The molecule has 0 radical (unpaired) electrons. The Morgan fingerprint density at radius 3 is 2.38 bits per heavy atom. The number of nitrogens with zero attached hydrogens (tertiary/aromatic N) is 1. The lowest BCUT2D eigenvalue weighted by Crippen LogP contribution is -2.43. The number of rotatable bonds is 3. The summed E-state index contributed by atoms with van der Waals surface area (Å²) in [4.78, 5) is 3.78. The van der Waals surface area contributed by atoms with Crippen molar-refractivity contribution in [2.75, 3.05) is 10.5 Å². The van der Waals surface area contributed by atoms with Gasteiger partial charge in [-0.05, 0) is 32.9 Å². The summed E-state index contributed by atoms with van der Waals surface area (Å²) in [5, 5.41) is 0. The molecule has 0 amide bonds. The minimum atomic E-state index is -3.59. The Hall–Kier alpha value is -1.34. The van der Waals surface area contributed by atoms with Crippen molar-refractivity contribution >= 4 is 21.7 Å². The van der Waals surface area contributed by atoms with E-state index in [4.69, 9.17) is 5.73 Å². The Labute approximate surface area is 95.4 Å². The van der Waals surface area contributed by atoms with Gasteiger partial charge in [-0.25, -0.2) is 4.98 Å². The molecule has 0 fully saturated rings. The first-order valence-corrected chi connectivity index (χ1v) is 6.19. The summed E-state index contributed by atoms with van der Waals surface area (Å²) in [7, 11) is -3.59. The Bertz CT molecular complexity index is 447. The summed E-state index contributed by atoms with van der Waals surface area (Å²) < 4.78 is 28.0. The van der Waals surface area contributed by atoms with Crippen LogP contribution in [0, 0.1) is 0 Å². The molecule has 0 aromatic carbocycles. The number of hydrogen-bond donors (Lipinski definition) is 3. The summed E-state index contributed by atoms with van der Waals surface area (Å²) in [5.41, 5.74) is 5.22. The van der Waals surface area contributed by atoms with Crippen molar-refractivity contribution < 1.29 is 8.42 Å². The van der Waals surface area contributed by atoms with Crippen LogP contribution in [-0.4, -0.2) is 18.9 Å². The number of nitrogens with two attached hydrogens (primary N) is 1. The number of nitrogen functional groups attached to an aromatic ring is 1. The molecule has 90 valence electrons. The SMILES string of the molecule is CC(C)(C)NS(=O)(=O)Nc1ccc(N)nc1. The minimum Gasteiger partial charge on any atom is -0.384 e. The average Bonchev–Trinajstić information content (AvgIpc) is 2.04. The van der Waals surface area contributed by atoms with Gasteiger partial charge in [0.05, 0.1) is 11.9 Å². The van der Waals surface area contributed by atoms with Gasteiger partial charge in [-0.1, -0.05) is 0 Å². The van der Waals surface area contributed by atoms with Crippen molar-refractivity contribution in [1.29, 1.82) is 0 Å². The molecule has 0 unspecified atom stereocenters. The molecule has 0 aliphatic rings. The highest BCUT2D eigenvalue weighted by Crippen LogP contribution is 2.10. The molecular weight excluding hydrogens is 228 g/mol. The van der Waals surface area contributed by atoms with Gasteiger partial charge in [-0.2, -0.15) is 13.1 Å². The van der Waals surface area contributed by atoms with Gasteiger partial charge in [0, 0.05) is 5.54 Å². The first kappa shape index (κ1) is 12.7. The summed E-state index contributed by atoms with van der Waals surface area (Å²) >= 11 is 0. The second-order valence-electron chi connectivity index (χ2n) is 4.43. The molecule has 1 heterocycles. The smallest absolute Gasteiger partial charge is 0.299 e. The van der Waals surface area contributed by atoms with E-state index in [9.17, 15) is 8.42 Å². The molecular formula is C9H16N4O2S. The lowest BCUT2D eigenvalue weighted by Gasteiger charge is -2.20. The van der Waals surface area contributed by atoms with Gasteiger partial charge in [0.2, 0.25) is 0 Å². The predicted molar refractivity (Wildman–Crippen MR) is 64.1 cm³/mol. The molecule has 0 aliphatic heterocycles. The standard InChI is InChI=1S/C9H16N4O2S/c1-9(2,3)13-16(14,15)12-7-4-5-8(10)11-6-7/h4-6,12-13H,1-3H3,(H2,10,11). The summed E-state index contributed by atoms with van der Waals surface area (Å²) in [6.07, 6.45) is 1.36. The van der Waals surface area contributed by atoms with Crippen LogP contribution in [0.4, 0.5) is 11.5 Å². The van der Waals surface area contributed by atoms with Crippen LogP contribution in [0.25, 0.3) is 0 Å². The summed E-state index contributed by atoms with van der Waals surface area (Å²) in [6, 6.07) is 3.07. The van der Waals surface area contributed by atoms with Crippen LogP contribution >= 0.6 is 0 Å². The minimum absolute atomic E-state index is 0.340. The third-order valence-corrected chi connectivity index (χ3v) is 2.86. The average molecular weight is 244 g/mol. The Kier molecular flexibility index (Phi) is 3.39. The van der Waals surface area contributed by atoms with Crippen molar-refractivity contribution in [3.05, 3.63) is 18.3 Å². The third kappa shape index (κ3) is 4.45. The maximum Gasteiger partial charge on any atom is 0.299 e. The van der Waals surface area contributed by atoms with Gasteiger partial charge >= 0.3 is 0 Å². The van der Waals surface area contributed by atoms with Crippen LogP contribution < -0.4 is 15.2 Å². The number of nitrogens with one attached hydrogen (secondary N) is 2. The fourth-order valence-corrected chi connectivity index (χ4v) is 2.34. The van der Waals surface area contributed by atoms with E-state index >= 15 is 0 Å². The van der Waals surface area contributed by atoms with E-state index in [-0.39, 0.29) is 0 Å².